The van der Waals surface area contributed by atoms with E-state index in [2.05, 4.69) is 0 Å². The van der Waals surface area contributed by atoms with E-state index in [-0.39, 0.29) is 0 Å². The third-order valence-electron chi connectivity index (χ3n) is 24.6. The summed E-state index contributed by atoms with van der Waals surface area (Å²) in [7, 11) is 0. The average Bonchev–Trinajstić information content (AvgIpc) is 3.95. The van der Waals surface area contributed by atoms with Gasteiger partial charge in [0, 0.05) is 0 Å². The van der Waals surface area contributed by atoms with Gasteiger partial charge in [-0.3, -0.25) is 0 Å². The maximum Gasteiger partial charge on any atom is -0.0318 e. The molecular formula is C57H90. The zero-order chi connectivity index (χ0) is 37.2. The second-order valence-electron chi connectivity index (χ2n) is 26.5. The van der Waals surface area contributed by atoms with Gasteiger partial charge in [0.25, 0.3) is 0 Å². The van der Waals surface area contributed by atoms with Crippen LogP contribution in [-0.2, 0) is 0 Å². The minimum atomic E-state index is 1.11. The predicted octanol–water partition coefficient (Wildman–Crippen LogP) is 15.8. The Labute approximate surface area is 352 Å². The van der Waals surface area contributed by atoms with Crippen molar-refractivity contribution in [1.29, 1.82) is 0 Å². The monoisotopic (exact) mass is 775 g/mol. The summed E-state index contributed by atoms with van der Waals surface area (Å²) in [6.45, 7) is 0. The summed E-state index contributed by atoms with van der Waals surface area (Å²) in [6, 6.07) is 0. The summed E-state index contributed by atoms with van der Waals surface area (Å²) in [5.41, 5.74) is 0. The molecule has 20 aliphatic rings. The zero-order valence-corrected chi connectivity index (χ0v) is 37.2. The Hall–Kier alpha value is 0. The van der Waals surface area contributed by atoms with Crippen molar-refractivity contribution in [2.24, 2.45) is 142 Å². The van der Waals surface area contributed by atoms with Crippen molar-refractivity contribution in [3.05, 3.63) is 0 Å². The second kappa shape index (κ2) is 15.4. The first-order chi connectivity index (χ1) is 28.2. The Kier molecular flexibility index (Phi) is 10.1. The predicted molar refractivity (Wildman–Crippen MR) is 236 cm³/mol. The molecule has 0 N–H and O–H groups in total. The molecule has 16 unspecified atom stereocenters. The van der Waals surface area contributed by atoms with E-state index in [4.69, 9.17) is 0 Å². The second-order valence-corrected chi connectivity index (χ2v) is 26.5. The van der Waals surface area contributed by atoms with Crippen LogP contribution in [-0.4, -0.2) is 0 Å². The van der Waals surface area contributed by atoms with Gasteiger partial charge in [-0.1, -0.05) is 70.6 Å². The number of rotatable bonds is 0. The van der Waals surface area contributed by atoms with Gasteiger partial charge in [-0.2, -0.15) is 0 Å². The zero-order valence-electron chi connectivity index (χ0n) is 37.2. The van der Waals surface area contributed by atoms with Crippen LogP contribution in [0.15, 0.2) is 0 Å². The highest BCUT2D eigenvalue weighted by Gasteiger charge is 2.76. The maximum atomic E-state index is 1.64. The molecule has 16 atom stereocenters. The molecule has 0 saturated heterocycles. The molecule has 20 saturated carbocycles. The van der Waals surface area contributed by atoms with Gasteiger partial charge in [-0.05, 0) is 283 Å². The van der Waals surface area contributed by atoms with E-state index >= 15 is 0 Å². The SMILES string of the molecule is C1CC2C3C1C23.C1CC2C3CCC(C3)C2C1.C1CC2CC1C1C3CCC(C3)C21.C1CC2CC1C1CC21.C1CC2CC1C1CCC21.C1CCC2CCCC(C1)CCC2. The first-order valence-electron chi connectivity index (χ1n) is 28.2. The Morgan fingerprint density at radius 1 is 0.158 bits per heavy atom. The van der Waals surface area contributed by atoms with Crippen LogP contribution >= 0.6 is 0 Å². The molecule has 0 aromatic carbocycles. The highest BCUT2D eigenvalue weighted by Crippen LogP contribution is 2.81. The maximum absolute atomic E-state index is 1.64. The molecule has 20 rings (SSSR count). The number of hydrogen-bond acceptors (Lipinski definition) is 0. The van der Waals surface area contributed by atoms with Crippen LogP contribution in [0.25, 0.3) is 0 Å². The lowest BCUT2D eigenvalue weighted by atomic mass is 9.66. The fraction of sp³-hybridized carbons (Fsp3) is 1.00. The molecule has 0 heteroatoms. The van der Waals surface area contributed by atoms with E-state index in [1.807, 2.05) is 0 Å². The Morgan fingerprint density at radius 2 is 0.439 bits per heavy atom. The van der Waals surface area contributed by atoms with E-state index in [9.17, 15) is 0 Å². The van der Waals surface area contributed by atoms with Crippen molar-refractivity contribution in [3.63, 3.8) is 0 Å². The Bertz CT molecular complexity index is 1250. The van der Waals surface area contributed by atoms with Gasteiger partial charge in [0.2, 0.25) is 0 Å². The molecule has 0 spiro atoms. The molecule has 0 nitrogen and oxygen atoms in total. The van der Waals surface area contributed by atoms with Crippen LogP contribution in [0.4, 0.5) is 0 Å². The van der Waals surface area contributed by atoms with Gasteiger partial charge in [0.05, 0.1) is 0 Å². The van der Waals surface area contributed by atoms with Crippen molar-refractivity contribution < 1.29 is 0 Å². The summed E-state index contributed by atoms with van der Waals surface area (Å²) < 4.78 is 0. The molecule has 0 radical (unpaired) electrons. The normalized spacial score (nSPS) is 59.4. The number of fused-ring (bicyclic) bond motifs is 32. The van der Waals surface area contributed by atoms with Crippen LogP contribution in [0, 0.1) is 142 Å². The molecule has 0 aromatic heterocycles. The first kappa shape index (κ1) is 37.5. The molecule has 0 aromatic rings. The summed E-state index contributed by atoms with van der Waals surface area (Å²) in [5, 5.41) is 0. The smallest absolute Gasteiger partial charge is 0.0318 e. The average molecular weight is 775 g/mol. The third-order valence-corrected chi connectivity index (χ3v) is 24.6. The molecule has 0 heterocycles. The van der Waals surface area contributed by atoms with Crippen molar-refractivity contribution in [2.75, 3.05) is 0 Å². The molecule has 14 bridgehead atoms. The first-order valence-corrected chi connectivity index (χ1v) is 28.2. The van der Waals surface area contributed by atoms with Gasteiger partial charge < -0.3 is 0 Å². The molecule has 318 valence electrons. The largest absolute Gasteiger partial charge is 0.0530 e. The van der Waals surface area contributed by atoms with Crippen molar-refractivity contribution in [1.82, 2.24) is 0 Å². The summed E-state index contributed by atoms with van der Waals surface area (Å²) in [6.07, 6.45) is 52.3. The van der Waals surface area contributed by atoms with E-state index in [0.717, 1.165) is 11.8 Å². The number of hydrogen-bond donors (Lipinski definition) is 0. The van der Waals surface area contributed by atoms with Crippen molar-refractivity contribution in [3.8, 4) is 0 Å². The van der Waals surface area contributed by atoms with Crippen LogP contribution in [0.3, 0.4) is 0 Å². The summed E-state index contributed by atoms with van der Waals surface area (Å²) >= 11 is 0. The summed E-state index contributed by atoms with van der Waals surface area (Å²) in [4.78, 5) is 0. The van der Waals surface area contributed by atoms with E-state index < -0.39 is 0 Å². The minimum absolute atomic E-state index is 1.11. The topological polar surface area (TPSA) is 0 Å². The standard InChI is InChI=1S/C12H18.C12H22.C10H16.C9H14.C8H12.C6H8/c1-2-8-5-7(1)11-9-3-4-10(6-9)12(8)11;1-2-6-12-9-3-7-11(5-1)8-4-10-12;1-2-9-7-4-5-8(6-7)10(9)3-1;1-2-7-5-6(1)8-3-4-9(7)8;1-2-6-3-5(1)7-4-8(6)7;1-2-4-5-3(1)6(4)5/h7-12H,1-6H2;11-12H,1-10H2;7-10H,1-6H2;6-9H,1-5H2;5-8H,1-4H2;3-6H,1-2H2. The molecular weight excluding hydrogens is 685 g/mol. The molecule has 20 fully saturated rings. The lowest BCUT2D eigenvalue weighted by molar-refractivity contribution is 0.103. The Balaban J connectivity index is 0.0000000723. The molecule has 0 aliphatic heterocycles. The van der Waals surface area contributed by atoms with Crippen molar-refractivity contribution in [2.45, 2.75) is 212 Å². The lowest BCUT2D eigenvalue weighted by Crippen LogP contribution is -2.31. The van der Waals surface area contributed by atoms with Gasteiger partial charge in [0.1, 0.15) is 0 Å². The van der Waals surface area contributed by atoms with E-state index in [1.54, 1.807) is 186 Å². The Morgan fingerprint density at radius 3 is 0.754 bits per heavy atom. The fourth-order valence-electron chi connectivity index (χ4n) is 21.9. The fourth-order valence-corrected chi connectivity index (χ4v) is 21.9. The highest BCUT2D eigenvalue weighted by atomic mass is 14.8. The molecule has 20 aliphatic carbocycles. The minimum Gasteiger partial charge on any atom is -0.0530 e. The van der Waals surface area contributed by atoms with Crippen LogP contribution < -0.4 is 0 Å². The molecule has 0 amide bonds. The van der Waals surface area contributed by atoms with Crippen LogP contribution in [0.2, 0.25) is 0 Å². The van der Waals surface area contributed by atoms with Crippen LogP contribution in [0.5, 0.6) is 0 Å². The van der Waals surface area contributed by atoms with E-state index in [1.165, 1.54) is 156 Å². The van der Waals surface area contributed by atoms with Crippen LogP contribution in [0.1, 0.15) is 212 Å². The lowest BCUT2D eigenvalue weighted by Gasteiger charge is -2.40. The van der Waals surface area contributed by atoms with Gasteiger partial charge in [0.15, 0.2) is 0 Å². The quantitative estimate of drug-likeness (QED) is 0.215. The van der Waals surface area contributed by atoms with E-state index in [0.29, 0.717) is 0 Å². The molecule has 57 heavy (non-hydrogen) atoms. The van der Waals surface area contributed by atoms with Gasteiger partial charge in [-0.15, -0.1) is 0 Å². The van der Waals surface area contributed by atoms with Gasteiger partial charge in [-0.25, -0.2) is 0 Å². The third kappa shape index (κ3) is 6.89. The highest BCUT2D eigenvalue weighted by molar-refractivity contribution is 5.24. The van der Waals surface area contributed by atoms with Crippen molar-refractivity contribution >= 4 is 0 Å². The summed E-state index contributed by atoms with van der Waals surface area (Å²) in [5.74, 6) is 29.2. The van der Waals surface area contributed by atoms with Gasteiger partial charge >= 0.3 is 0 Å².